The Kier molecular flexibility index (Phi) is 4.44. The third-order valence-corrected chi connectivity index (χ3v) is 4.66. The smallest absolute Gasteiger partial charge is 0.223 e. The van der Waals surface area contributed by atoms with Crippen molar-refractivity contribution >= 4 is 5.91 Å². The first kappa shape index (κ1) is 13.6. The molecule has 0 atom stereocenters. The third kappa shape index (κ3) is 3.14. The number of nitrogens with two attached hydrogens (primary N) is 1. The first-order valence-corrected chi connectivity index (χ1v) is 7.29. The Morgan fingerprint density at radius 1 is 1.39 bits per heavy atom. The summed E-state index contributed by atoms with van der Waals surface area (Å²) in [5.41, 5.74) is 7.47. The Labute approximate surface area is 110 Å². The standard InChI is InChI=1S/C15H26N2O/c1-13-5-9-17(10-6-13)14(18)11-15(12-16)7-3-2-4-8-15/h5H,2-4,6-12,16H2,1H3. The van der Waals surface area contributed by atoms with Crippen LogP contribution >= 0.6 is 0 Å². The molecule has 0 unspecified atom stereocenters. The van der Waals surface area contributed by atoms with Crippen LogP contribution in [-0.2, 0) is 4.79 Å². The second-order valence-electron chi connectivity index (χ2n) is 6.08. The van der Waals surface area contributed by atoms with E-state index in [4.69, 9.17) is 5.73 Å². The molecule has 18 heavy (non-hydrogen) atoms. The van der Waals surface area contributed by atoms with Gasteiger partial charge in [-0.25, -0.2) is 0 Å². The Hall–Kier alpha value is -0.830. The number of hydrogen-bond acceptors (Lipinski definition) is 2. The van der Waals surface area contributed by atoms with Crippen LogP contribution < -0.4 is 5.73 Å². The summed E-state index contributed by atoms with van der Waals surface area (Å²) in [6.07, 6.45) is 9.93. The van der Waals surface area contributed by atoms with Crippen molar-refractivity contribution in [1.29, 1.82) is 0 Å². The molecule has 0 aromatic carbocycles. The molecule has 0 aromatic rings. The van der Waals surface area contributed by atoms with Crippen molar-refractivity contribution in [2.45, 2.75) is 51.9 Å². The van der Waals surface area contributed by atoms with Crippen LogP contribution in [-0.4, -0.2) is 30.4 Å². The van der Waals surface area contributed by atoms with Crippen LogP contribution in [0.3, 0.4) is 0 Å². The molecule has 3 heteroatoms. The van der Waals surface area contributed by atoms with E-state index in [1.165, 1.54) is 24.8 Å². The molecular weight excluding hydrogens is 224 g/mol. The van der Waals surface area contributed by atoms with E-state index in [9.17, 15) is 4.79 Å². The summed E-state index contributed by atoms with van der Waals surface area (Å²) in [6.45, 7) is 4.50. The highest BCUT2D eigenvalue weighted by atomic mass is 16.2. The quantitative estimate of drug-likeness (QED) is 0.782. The number of rotatable bonds is 3. The highest BCUT2D eigenvalue weighted by Crippen LogP contribution is 2.38. The zero-order valence-electron chi connectivity index (χ0n) is 11.6. The fraction of sp³-hybridized carbons (Fsp3) is 0.800. The molecule has 2 rings (SSSR count). The topological polar surface area (TPSA) is 46.3 Å². The first-order valence-electron chi connectivity index (χ1n) is 7.29. The van der Waals surface area contributed by atoms with Gasteiger partial charge in [0, 0.05) is 19.5 Å². The minimum atomic E-state index is 0.103. The second kappa shape index (κ2) is 5.87. The number of amides is 1. The van der Waals surface area contributed by atoms with Gasteiger partial charge in [-0.05, 0) is 38.1 Å². The van der Waals surface area contributed by atoms with Gasteiger partial charge in [0.25, 0.3) is 0 Å². The van der Waals surface area contributed by atoms with Gasteiger partial charge < -0.3 is 10.6 Å². The van der Waals surface area contributed by atoms with E-state index in [1.54, 1.807) is 0 Å². The molecule has 102 valence electrons. The van der Waals surface area contributed by atoms with Crippen LogP contribution in [0.2, 0.25) is 0 Å². The van der Waals surface area contributed by atoms with Crippen LogP contribution in [0.5, 0.6) is 0 Å². The summed E-state index contributed by atoms with van der Waals surface area (Å²) >= 11 is 0. The van der Waals surface area contributed by atoms with Gasteiger partial charge in [-0.15, -0.1) is 0 Å². The Bertz CT molecular complexity index is 329. The predicted octanol–water partition coefficient (Wildman–Crippen LogP) is 2.46. The third-order valence-electron chi connectivity index (χ3n) is 4.66. The van der Waals surface area contributed by atoms with Gasteiger partial charge in [-0.1, -0.05) is 30.9 Å². The molecule has 1 heterocycles. The van der Waals surface area contributed by atoms with Gasteiger partial charge in [0.05, 0.1) is 0 Å². The van der Waals surface area contributed by atoms with Gasteiger partial charge in [-0.2, -0.15) is 0 Å². The van der Waals surface area contributed by atoms with Crippen molar-refractivity contribution in [2.24, 2.45) is 11.1 Å². The number of hydrogen-bond donors (Lipinski definition) is 1. The Morgan fingerprint density at radius 2 is 2.11 bits per heavy atom. The van der Waals surface area contributed by atoms with Crippen molar-refractivity contribution in [3.8, 4) is 0 Å². The summed E-state index contributed by atoms with van der Waals surface area (Å²) in [6, 6.07) is 0. The molecule has 0 spiro atoms. The average Bonchev–Trinajstić information content (AvgIpc) is 2.40. The first-order chi connectivity index (χ1) is 8.65. The van der Waals surface area contributed by atoms with E-state index in [0.29, 0.717) is 18.9 Å². The fourth-order valence-corrected chi connectivity index (χ4v) is 3.18. The van der Waals surface area contributed by atoms with E-state index in [2.05, 4.69) is 13.0 Å². The normalized spacial score (nSPS) is 23.7. The van der Waals surface area contributed by atoms with Crippen LogP contribution in [0.4, 0.5) is 0 Å². The lowest BCUT2D eigenvalue weighted by atomic mass is 9.71. The number of carbonyl (C=O) groups excluding carboxylic acids is 1. The maximum Gasteiger partial charge on any atom is 0.223 e. The fourth-order valence-electron chi connectivity index (χ4n) is 3.18. The van der Waals surface area contributed by atoms with Crippen molar-refractivity contribution in [2.75, 3.05) is 19.6 Å². The highest BCUT2D eigenvalue weighted by Gasteiger charge is 2.34. The minimum Gasteiger partial charge on any atom is -0.339 e. The van der Waals surface area contributed by atoms with Gasteiger partial charge in [-0.3, -0.25) is 4.79 Å². The predicted molar refractivity (Wildman–Crippen MR) is 74.1 cm³/mol. The van der Waals surface area contributed by atoms with Crippen LogP contribution in [0.1, 0.15) is 51.9 Å². The summed E-state index contributed by atoms with van der Waals surface area (Å²) in [7, 11) is 0. The van der Waals surface area contributed by atoms with Crippen LogP contribution in [0.15, 0.2) is 11.6 Å². The largest absolute Gasteiger partial charge is 0.339 e. The van der Waals surface area contributed by atoms with Gasteiger partial charge in [0.1, 0.15) is 0 Å². The molecule has 0 bridgehead atoms. The zero-order valence-corrected chi connectivity index (χ0v) is 11.6. The number of carbonyl (C=O) groups is 1. The Balaban J connectivity index is 1.93. The van der Waals surface area contributed by atoms with Gasteiger partial charge >= 0.3 is 0 Å². The van der Waals surface area contributed by atoms with E-state index in [-0.39, 0.29) is 5.41 Å². The molecule has 0 saturated heterocycles. The lowest BCUT2D eigenvalue weighted by molar-refractivity contribution is -0.133. The zero-order chi connectivity index (χ0) is 13.0. The lowest BCUT2D eigenvalue weighted by Gasteiger charge is -2.37. The molecule has 1 amide bonds. The molecule has 0 aromatic heterocycles. The molecule has 3 nitrogen and oxygen atoms in total. The van der Waals surface area contributed by atoms with Gasteiger partial charge in [0.2, 0.25) is 5.91 Å². The van der Waals surface area contributed by atoms with E-state index in [1.807, 2.05) is 4.90 Å². The number of nitrogens with zero attached hydrogens (tertiary/aromatic N) is 1. The van der Waals surface area contributed by atoms with E-state index < -0.39 is 0 Å². The molecule has 0 radical (unpaired) electrons. The maximum absolute atomic E-state index is 12.4. The molecule has 1 saturated carbocycles. The molecule has 1 aliphatic heterocycles. The lowest BCUT2D eigenvalue weighted by Crippen LogP contribution is -2.41. The maximum atomic E-state index is 12.4. The van der Waals surface area contributed by atoms with Gasteiger partial charge in [0.15, 0.2) is 0 Å². The van der Waals surface area contributed by atoms with Crippen molar-refractivity contribution in [3.05, 3.63) is 11.6 Å². The summed E-state index contributed by atoms with van der Waals surface area (Å²) < 4.78 is 0. The average molecular weight is 250 g/mol. The molecule has 2 aliphatic rings. The molecule has 1 aliphatic carbocycles. The second-order valence-corrected chi connectivity index (χ2v) is 6.08. The summed E-state index contributed by atoms with van der Waals surface area (Å²) in [5, 5.41) is 0. The van der Waals surface area contributed by atoms with Crippen molar-refractivity contribution in [1.82, 2.24) is 4.90 Å². The van der Waals surface area contributed by atoms with E-state index in [0.717, 1.165) is 32.4 Å². The molecular formula is C15H26N2O. The Morgan fingerprint density at radius 3 is 2.67 bits per heavy atom. The van der Waals surface area contributed by atoms with E-state index >= 15 is 0 Å². The van der Waals surface area contributed by atoms with Crippen LogP contribution in [0, 0.1) is 5.41 Å². The van der Waals surface area contributed by atoms with Crippen molar-refractivity contribution in [3.63, 3.8) is 0 Å². The summed E-state index contributed by atoms with van der Waals surface area (Å²) in [4.78, 5) is 14.4. The van der Waals surface area contributed by atoms with Crippen LogP contribution in [0.25, 0.3) is 0 Å². The highest BCUT2D eigenvalue weighted by molar-refractivity contribution is 5.77. The summed E-state index contributed by atoms with van der Waals surface area (Å²) in [5.74, 6) is 0.311. The monoisotopic (exact) mass is 250 g/mol. The molecule has 2 N–H and O–H groups in total. The molecule has 1 fully saturated rings. The minimum absolute atomic E-state index is 0.103. The van der Waals surface area contributed by atoms with Crippen molar-refractivity contribution < 1.29 is 4.79 Å². The SMILES string of the molecule is CC1=CCN(C(=O)CC2(CN)CCCCC2)CC1.